The first-order chi connectivity index (χ1) is 21.3. The molecule has 4 aliphatic carbocycles. The number of methoxy groups -OCH3 is 1. The molecular weight excluding hydrogens is 600 g/mol. The first-order valence-electron chi connectivity index (χ1n) is 16.6. The Morgan fingerprint density at radius 3 is 2.09 bits per heavy atom. The molecule has 0 aromatic heterocycles. The van der Waals surface area contributed by atoms with Gasteiger partial charge in [-0.3, -0.25) is 14.4 Å². The third kappa shape index (κ3) is 3.87. The van der Waals surface area contributed by atoms with Crippen LogP contribution in [0.15, 0.2) is 0 Å². The second kappa shape index (κ2) is 10.4. The Morgan fingerprint density at radius 2 is 1.52 bits per heavy atom. The van der Waals surface area contributed by atoms with Crippen molar-refractivity contribution in [3.8, 4) is 0 Å². The lowest BCUT2D eigenvalue weighted by atomic mass is 9.32. The molecule has 0 aromatic carbocycles. The zero-order chi connectivity index (χ0) is 34.0. The number of aliphatic hydroxyl groups excluding tert-OH is 1. The van der Waals surface area contributed by atoms with E-state index in [2.05, 4.69) is 6.92 Å². The van der Waals surface area contributed by atoms with Gasteiger partial charge in [0.15, 0.2) is 6.10 Å². The number of aliphatic hydroxyl groups is 2. The molecule has 0 amide bonds. The van der Waals surface area contributed by atoms with Crippen LogP contribution in [0.5, 0.6) is 0 Å². The quantitative estimate of drug-likeness (QED) is 0.254. The summed E-state index contributed by atoms with van der Waals surface area (Å²) < 4.78 is 36.2. The molecule has 12 heteroatoms. The van der Waals surface area contributed by atoms with E-state index < -0.39 is 99.1 Å². The Labute approximate surface area is 270 Å². The molecule has 6 rings (SSSR count). The number of hydrogen-bond donors (Lipinski definition) is 2. The SMILES string of the molecule is COC(=O)[C@@]12O[C@@H]1C(C)C[C@@]1(O)C3CC[C@]4(C)C(C(OC(C)=O)C[C@@]5(C(C)O)COC[C@H]54)[C@@]3(C)[C@H](OC(C)=O)[C@H](OC(C)=O)[C@]12C. The third-order valence-electron chi connectivity index (χ3n) is 13.9. The number of fused-ring (bicyclic) bond motifs is 9. The molecule has 2 aliphatic heterocycles. The fraction of sp³-hybridized carbons (Fsp3) is 0.882. The Morgan fingerprint density at radius 1 is 0.913 bits per heavy atom. The third-order valence-corrected chi connectivity index (χ3v) is 13.9. The smallest absolute Gasteiger partial charge is 0.341 e. The summed E-state index contributed by atoms with van der Waals surface area (Å²) in [6.07, 6.45) is -3.08. The summed E-state index contributed by atoms with van der Waals surface area (Å²) in [5.74, 6) is -4.05. The number of hydrogen-bond acceptors (Lipinski definition) is 12. The maximum Gasteiger partial charge on any atom is 0.341 e. The van der Waals surface area contributed by atoms with Gasteiger partial charge in [0.05, 0.1) is 37.4 Å². The zero-order valence-electron chi connectivity index (χ0n) is 28.4. The number of carbonyl (C=O) groups is 4. The molecule has 0 bridgehead atoms. The van der Waals surface area contributed by atoms with Gasteiger partial charge in [-0.15, -0.1) is 0 Å². The maximum atomic E-state index is 13.8. The largest absolute Gasteiger partial charge is 0.467 e. The van der Waals surface area contributed by atoms with Crippen LogP contribution in [0, 0.1) is 45.3 Å². The summed E-state index contributed by atoms with van der Waals surface area (Å²) in [5, 5.41) is 24.7. The number of esters is 4. The first-order valence-corrected chi connectivity index (χ1v) is 16.6. The van der Waals surface area contributed by atoms with Crippen molar-refractivity contribution in [1.29, 1.82) is 0 Å². The standard InChI is InChI=1S/C34H50O12/c1-16-12-33(40)22-10-11-29(6)23-14-42-15-32(23,17(2)35)13-21(43-18(3)36)24(29)30(22,7)26(44-19(4)37)27(45-20(5)38)31(33,8)34(25(16)46-34)28(39)41-9/h16-17,21-27,35,40H,10-15H2,1-9H3/t16?,17?,21?,22?,23-,24?,25+,26+,27-,29-,30-,31+,32-,33+,34-/m0/s1. The number of ether oxygens (including phenoxy) is 6. The van der Waals surface area contributed by atoms with E-state index in [1.54, 1.807) is 13.8 Å². The van der Waals surface area contributed by atoms with Crippen LogP contribution in [0.2, 0.25) is 0 Å². The van der Waals surface area contributed by atoms with Crippen LogP contribution in [0.1, 0.15) is 81.1 Å². The molecule has 258 valence electrons. The Bertz CT molecular complexity index is 1330. The van der Waals surface area contributed by atoms with Crippen LogP contribution in [0.4, 0.5) is 0 Å². The lowest BCUT2D eigenvalue weighted by Gasteiger charge is -2.74. The molecule has 15 atom stereocenters. The minimum atomic E-state index is -1.67. The van der Waals surface area contributed by atoms with Gasteiger partial charge in [0.2, 0.25) is 5.60 Å². The van der Waals surface area contributed by atoms with Gasteiger partial charge in [-0.2, -0.15) is 0 Å². The van der Waals surface area contributed by atoms with Crippen LogP contribution >= 0.6 is 0 Å². The number of epoxide rings is 1. The molecular formula is C34H50O12. The monoisotopic (exact) mass is 650 g/mol. The summed E-state index contributed by atoms with van der Waals surface area (Å²) in [4.78, 5) is 52.6. The van der Waals surface area contributed by atoms with E-state index in [9.17, 15) is 29.4 Å². The fourth-order valence-electron chi connectivity index (χ4n) is 12.4. The van der Waals surface area contributed by atoms with Crippen LogP contribution in [0.25, 0.3) is 0 Å². The van der Waals surface area contributed by atoms with Crippen molar-refractivity contribution in [2.75, 3.05) is 20.3 Å². The van der Waals surface area contributed by atoms with Gasteiger partial charge in [0.1, 0.15) is 18.3 Å². The van der Waals surface area contributed by atoms with Crippen molar-refractivity contribution in [1.82, 2.24) is 0 Å². The summed E-state index contributed by atoms with van der Waals surface area (Å²) >= 11 is 0. The Hall–Kier alpha value is -2.28. The summed E-state index contributed by atoms with van der Waals surface area (Å²) in [7, 11) is 1.25. The van der Waals surface area contributed by atoms with E-state index in [1.165, 1.54) is 27.9 Å². The van der Waals surface area contributed by atoms with Crippen LogP contribution < -0.4 is 0 Å². The Kier molecular flexibility index (Phi) is 7.57. The van der Waals surface area contributed by atoms with Crippen LogP contribution in [0.3, 0.4) is 0 Å². The molecule has 2 saturated heterocycles. The topological polar surface area (TPSA) is 167 Å². The molecule has 2 heterocycles. The van der Waals surface area contributed by atoms with Crippen molar-refractivity contribution in [2.24, 2.45) is 45.3 Å². The maximum absolute atomic E-state index is 13.8. The van der Waals surface area contributed by atoms with E-state index in [0.29, 0.717) is 32.5 Å². The molecule has 0 aromatic rings. The van der Waals surface area contributed by atoms with E-state index >= 15 is 0 Å². The van der Waals surface area contributed by atoms with Gasteiger partial charge < -0.3 is 38.6 Å². The van der Waals surface area contributed by atoms with E-state index in [4.69, 9.17) is 28.4 Å². The predicted octanol–water partition coefficient (Wildman–Crippen LogP) is 2.34. The van der Waals surface area contributed by atoms with Crippen LogP contribution in [-0.2, 0) is 47.6 Å². The van der Waals surface area contributed by atoms with Crippen molar-refractivity contribution in [3.63, 3.8) is 0 Å². The highest BCUT2D eigenvalue weighted by Crippen LogP contribution is 2.78. The lowest BCUT2D eigenvalue weighted by molar-refractivity contribution is -0.350. The van der Waals surface area contributed by atoms with Gasteiger partial charge in [-0.05, 0) is 62.7 Å². The summed E-state index contributed by atoms with van der Waals surface area (Å²) in [6, 6.07) is 0. The minimum Gasteiger partial charge on any atom is -0.467 e. The summed E-state index contributed by atoms with van der Waals surface area (Å²) in [6.45, 7) is 14.0. The second-order valence-corrected chi connectivity index (χ2v) is 15.9. The predicted molar refractivity (Wildman–Crippen MR) is 159 cm³/mol. The number of rotatable bonds is 5. The fourth-order valence-corrected chi connectivity index (χ4v) is 12.4. The Balaban J connectivity index is 1.63. The molecule has 5 unspecified atom stereocenters. The highest BCUT2D eigenvalue weighted by Gasteiger charge is 2.91. The molecule has 0 radical (unpaired) electrons. The van der Waals surface area contributed by atoms with Crippen molar-refractivity contribution >= 4 is 23.9 Å². The normalized spacial score (nSPS) is 52.3. The highest BCUT2D eigenvalue weighted by molar-refractivity contribution is 5.86. The van der Waals surface area contributed by atoms with E-state index in [0.717, 1.165) is 0 Å². The van der Waals surface area contributed by atoms with E-state index in [1.807, 2.05) is 13.8 Å². The van der Waals surface area contributed by atoms with E-state index in [-0.39, 0.29) is 18.3 Å². The molecule has 12 nitrogen and oxygen atoms in total. The molecule has 6 fully saturated rings. The van der Waals surface area contributed by atoms with Crippen molar-refractivity contribution < 1.29 is 57.8 Å². The molecule has 0 spiro atoms. The average molecular weight is 651 g/mol. The van der Waals surface area contributed by atoms with Gasteiger partial charge in [-0.25, -0.2) is 4.79 Å². The summed E-state index contributed by atoms with van der Waals surface area (Å²) in [5.41, 5.74) is -7.38. The van der Waals surface area contributed by atoms with Crippen molar-refractivity contribution in [2.45, 2.75) is 123 Å². The zero-order valence-corrected chi connectivity index (χ0v) is 28.4. The molecule has 6 aliphatic rings. The minimum absolute atomic E-state index is 0.148. The van der Waals surface area contributed by atoms with Crippen LogP contribution in [-0.4, -0.2) is 96.1 Å². The lowest BCUT2D eigenvalue weighted by Crippen LogP contribution is -2.83. The average Bonchev–Trinajstić information content (AvgIpc) is 3.57. The van der Waals surface area contributed by atoms with Gasteiger partial charge in [0, 0.05) is 37.5 Å². The molecule has 46 heavy (non-hydrogen) atoms. The number of carbonyl (C=O) groups excluding carboxylic acids is 4. The molecule has 4 saturated carbocycles. The van der Waals surface area contributed by atoms with Gasteiger partial charge in [-0.1, -0.05) is 20.8 Å². The van der Waals surface area contributed by atoms with Gasteiger partial charge >= 0.3 is 23.9 Å². The highest BCUT2D eigenvalue weighted by atomic mass is 16.7. The first kappa shape index (κ1) is 33.6. The molecule has 2 N–H and O–H groups in total. The van der Waals surface area contributed by atoms with Crippen molar-refractivity contribution in [3.05, 3.63) is 0 Å². The second-order valence-electron chi connectivity index (χ2n) is 15.9. The van der Waals surface area contributed by atoms with Gasteiger partial charge in [0.25, 0.3) is 0 Å².